The van der Waals surface area contributed by atoms with Crippen LogP contribution in [0.25, 0.3) is 0 Å². The maximum Gasteiger partial charge on any atom is 0.245 e. The summed E-state index contributed by atoms with van der Waals surface area (Å²) in [6.07, 6.45) is 2.91. The SMILES string of the molecule is C=CC(=O)N1CCCC(C(=O)NCc2cc(Br)c3c(c2)OCCO3)C1. The van der Waals surface area contributed by atoms with Gasteiger partial charge in [0.15, 0.2) is 11.5 Å². The van der Waals surface area contributed by atoms with Crippen molar-refractivity contribution in [2.75, 3.05) is 26.3 Å². The summed E-state index contributed by atoms with van der Waals surface area (Å²) in [4.78, 5) is 25.9. The average molecular weight is 409 g/mol. The van der Waals surface area contributed by atoms with E-state index in [1.165, 1.54) is 6.08 Å². The van der Waals surface area contributed by atoms with Crippen LogP contribution in [0.3, 0.4) is 0 Å². The van der Waals surface area contributed by atoms with Gasteiger partial charge >= 0.3 is 0 Å². The van der Waals surface area contributed by atoms with E-state index in [1.807, 2.05) is 12.1 Å². The summed E-state index contributed by atoms with van der Waals surface area (Å²) in [7, 11) is 0. The molecular formula is C18H21BrN2O4. The van der Waals surface area contributed by atoms with E-state index in [-0.39, 0.29) is 17.7 Å². The molecule has 2 aliphatic heterocycles. The fourth-order valence-electron chi connectivity index (χ4n) is 3.12. The zero-order valence-electron chi connectivity index (χ0n) is 13.9. The first-order valence-electron chi connectivity index (χ1n) is 8.35. The molecule has 25 heavy (non-hydrogen) atoms. The minimum absolute atomic E-state index is 0.0347. The summed E-state index contributed by atoms with van der Waals surface area (Å²) in [5, 5.41) is 2.96. The standard InChI is InChI=1S/C18H21BrN2O4/c1-2-16(22)21-5-3-4-13(11-21)18(23)20-10-12-8-14(19)17-15(9-12)24-6-7-25-17/h2,8-9,13H,1,3-7,10-11H2,(H,20,23). The number of carbonyl (C=O) groups is 2. The van der Waals surface area contributed by atoms with E-state index in [1.54, 1.807) is 4.90 Å². The van der Waals surface area contributed by atoms with Gasteiger partial charge in [0.25, 0.3) is 0 Å². The molecule has 1 saturated heterocycles. The summed E-state index contributed by atoms with van der Waals surface area (Å²) in [6.45, 7) is 6.09. The Kier molecular flexibility index (Phi) is 5.63. The first-order valence-corrected chi connectivity index (χ1v) is 9.15. The van der Waals surface area contributed by atoms with Gasteiger partial charge in [-0.1, -0.05) is 6.58 Å². The summed E-state index contributed by atoms with van der Waals surface area (Å²) < 4.78 is 12.0. The third kappa shape index (κ3) is 4.15. The summed E-state index contributed by atoms with van der Waals surface area (Å²) in [6, 6.07) is 3.80. The Labute approximate surface area is 155 Å². The van der Waals surface area contributed by atoms with Crippen molar-refractivity contribution < 1.29 is 19.1 Å². The molecule has 1 unspecified atom stereocenters. The number of benzene rings is 1. The van der Waals surface area contributed by atoms with Crippen molar-refractivity contribution in [3.63, 3.8) is 0 Å². The molecular weight excluding hydrogens is 388 g/mol. The third-order valence-corrected chi connectivity index (χ3v) is 4.99. The maximum absolute atomic E-state index is 12.5. The summed E-state index contributed by atoms with van der Waals surface area (Å²) >= 11 is 3.48. The molecule has 0 spiro atoms. The molecule has 1 N–H and O–H groups in total. The fourth-order valence-corrected chi connectivity index (χ4v) is 3.72. The molecule has 6 nitrogen and oxygen atoms in total. The molecule has 1 aromatic carbocycles. The molecule has 0 radical (unpaired) electrons. The van der Waals surface area contributed by atoms with E-state index in [0.717, 1.165) is 22.9 Å². The van der Waals surface area contributed by atoms with Crippen LogP contribution >= 0.6 is 15.9 Å². The van der Waals surface area contributed by atoms with Gasteiger partial charge in [-0.2, -0.15) is 0 Å². The molecule has 2 aliphatic rings. The van der Waals surface area contributed by atoms with Gasteiger partial charge in [-0.3, -0.25) is 9.59 Å². The van der Waals surface area contributed by atoms with E-state index in [4.69, 9.17) is 9.47 Å². The minimum Gasteiger partial charge on any atom is -0.486 e. The molecule has 1 atom stereocenters. The number of carbonyl (C=O) groups excluding carboxylic acids is 2. The number of nitrogens with one attached hydrogen (secondary N) is 1. The average Bonchev–Trinajstić information content (AvgIpc) is 2.65. The first-order chi connectivity index (χ1) is 12.1. The quantitative estimate of drug-likeness (QED) is 0.775. The molecule has 1 fully saturated rings. The number of halogens is 1. The zero-order chi connectivity index (χ0) is 17.8. The first kappa shape index (κ1) is 17.8. The number of fused-ring (bicyclic) bond motifs is 1. The molecule has 3 rings (SSSR count). The highest BCUT2D eigenvalue weighted by atomic mass is 79.9. The molecule has 134 valence electrons. The Morgan fingerprint density at radius 2 is 2.16 bits per heavy atom. The molecule has 1 aromatic rings. The number of hydrogen-bond donors (Lipinski definition) is 1. The Bertz CT molecular complexity index is 692. The van der Waals surface area contributed by atoms with Crippen LogP contribution in [0, 0.1) is 5.92 Å². The predicted octanol–water partition coefficient (Wildman–Crippen LogP) is 2.26. The van der Waals surface area contributed by atoms with E-state index in [9.17, 15) is 9.59 Å². The van der Waals surface area contributed by atoms with Gasteiger partial charge in [-0.05, 0) is 52.5 Å². The van der Waals surface area contributed by atoms with Crippen molar-refractivity contribution in [2.45, 2.75) is 19.4 Å². The highest BCUT2D eigenvalue weighted by Gasteiger charge is 2.27. The summed E-state index contributed by atoms with van der Waals surface area (Å²) in [5.74, 6) is 1.05. The lowest BCUT2D eigenvalue weighted by molar-refractivity contribution is -0.132. The molecule has 0 bridgehead atoms. The van der Waals surface area contributed by atoms with Crippen LogP contribution in [0.5, 0.6) is 11.5 Å². The number of nitrogens with zero attached hydrogens (tertiary/aromatic N) is 1. The van der Waals surface area contributed by atoms with Crippen LogP contribution in [-0.2, 0) is 16.1 Å². The van der Waals surface area contributed by atoms with Crippen molar-refractivity contribution in [1.29, 1.82) is 0 Å². The van der Waals surface area contributed by atoms with Crippen LogP contribution in [0.4, 0.5) is 0 Å². The normalized spacial score (nSPS) is 19.2. The highest BCUT2D eigenvalue weighted by Crippen LogP contribution is 2.38. The largest absolute Gasteiger partial charge is 0.486 e. The zero-order valence-corrected chi connectivity index (χ0v) is 15.5. The third-order valence-electron chi connectivity index (χ3n) is 4.40. The number of hydrogen-bond acceptors (Lipinski definition) is 4. The second kappa shape index (κ2) is 7.91. The van der Waals surface area contributed by atoms with E-state index in [2.05, 4.69) is 27.8 Å². The Balaban J connectivity index is 1.59. The molecule has 0 aromatic heterocycles. The van der Waals surface area contributed by atoms with Crippen LogP contribution in [0.2, 0.25) is 0 Å². The second-order valence-corrected chi connectivity index (χ2v) is 7.00. The van der Waals surface area contributed by atoms with Gasteiger partial charge in [0, 0.05) is 19.6 Å². The lowest BCUT2D eigenvalue weighted by atomic mass is 9.97. The van der Waals surface area contributed by atoms with E-state index < -0.39 is 0 Å². The Morgan fingerprint density at radius 3 is 2.96 bits per heavy atom. The van der Waals surface area contributed by atoms with Crippen LogP contribution in [0.15, 0.2) is 29.3 Å². The number of ether oxygens (including phenoxy) is 2. The maximum atomic E-state index is 12.5. The molecule has 0 aliphatic carbocycles. The van der Waals surface area contributed by atoms with Crippen LogP contribution < -0.4 is 14.8 Å². The van der Waals surface area contributed by atoms with Gasteiger partial charge in [0.2, 0.25) is 11.8 Å². The Hall–Kier alpha value is -2.02. The van der Waals surface area contributed by atoms with Gasteiger partial charge in [0.05, 0.1) is 10.4 Å². The number of likely N-dealkylation sites (tertiary alicyclic amines) is 1. The Morgan fingerprint density at radius 1 is 1.36 bits per heavy atom. The molecule has 2 heterocycles. The highest BCUT2D eigenvalue weighted by molar-refractivity contribution is 9.10. The van der Waals surface area contributed by atoms with Gasteiger partial charge in [-0.25, -0.2) is 0 Å². The van der Waals surface area contributed by atoms with Gasteiger partial charge in [0.1, 0.15) is 13.2 Å². The second-order valence-electron chi connectivity index (χ2n) is 6.15. The van der Waals surface area contributed by atoms with Crippen LogP contribution in [-0.4, -0.2) is 43.0 Å². The monoisotopic (exact) mass is 408 g/mol. The van der Waals surface area contributed by atoms with E-state index >= 15 is 0 Å². The molecule has 7 heteroatoms. The number of piperidine rings is 1. The lowest BCUT2D eigenvalue weighted by Gasteiger charge is -2.31. The minimum atomic E-state index is -0.182. The van der Waals surface area contributed by atoms with Crippen molar-refractivity contribution in [2.24, 2.45) is 5.92 Å². The number of amides is 2. The van der Waals surface area contributed by atoms with Crippen molar-refractivity contribution in [3.8, 4) is 11.5 Å². The molecule has 0 saturated carbocycles. The van der Waals surface area contributed by atoms with Crippen molar-refractivity contribution in [1.82, 2.24) is 10.2 Å². The number of rotatable bonds is 4. The van der Waals surface area contributed by atoms with Gasteiger partial charge in [-0.15, -0.1) is 0 Å². The van der Waals surface area contributed by atoms with Crippen molar-refractivity contribution >= 4 is 27.7 Å². The topological polar surface area (TPSA) is 67.9 Å². The van der Waals surface area contributed by atoms with Crippen molar-refractivity contribution in [3.05, 3.63) is 34.8 Å². The summed E-state index contributed by atoms with van der Waals surface area (Å²) in [5.41, 5.74) is 0.930. The predicted molar refractivity (Wildman–Crippen MR) is 96.5 cm³/mol. The lowest BCUT2D eigenvalue weighted by Crippen LogP contribution is -2.44. The smallest absolute Gasteiger partial charge is 0.245 e. The van der Waals surface area contributed by atoms with Crippen LogP contribution in [0.1, 0.15) is 18.4 Å². The fraction of sp³-hybridized carbons (Fsp3) is 0.444. The van der Waals surface area contributed by atoms with E-state index in [0.29, 0.717) is 44.3 Å². The van der Waals surface area contributed by atoms with Gasteiger partial charge < -0.3 is 19.7 Å². The molecule has 2 amide bonds.